The molecule has 19 heavy (non-hydrogen) atoms. The van der Waals surface area contributed by atoms with Crippen LogP contribution < -0.4 is 5.32 Å². The van der Waals surface area contributed by atoms with Crippen molar-refractivity contribution in [2.24, 2.45) is 5.92 Å². The first-order valence-corrected chi connectivity index (χ1v) is 6.45. The van der Waals surface area contributed by atoms with Crippen molar-refractivity contribution in [3.8, 4) is 0 Å². The molecule has 0 aromatic heterocycles. The van der Waals surface area contributed by atoms with Gasteiger partial charge in [-0.2, -0.15) is 0 Å². The number of rotatable bonds is 4. The van der Waals surface area contributed by atoms with Crippen LogP contribution in [0, 0.1) is 5.92 Å². The van der Waals surface area contributed by atoms with E-state index >= 15 is 0 Å². The maximum Gasteiger partial charge on any atom is 0.310 e. The Balaban J connectivity index is 2.24. The minimum absolute atomic E-state index is 0.0123. The highest BCUT2D eigenvalue weighted by Gasteiger charge is 2.20. The van der Waals surface area contributed by atoms with Crippen LogP contribution in [0.5, 0.6) is 0 Å². The van der Waals surface area contributed by atoms with Crippen molar-refractivity contribution in [2.45, 2.75) is 19.9 Å². The summed E-state index contributed by atoms with van der Waals surface area (Å²) in [4.78, 5) is 11.5. The standard InChI is InChI=1S/C16H19NO2/c1-11(16(18)19-3)12(2)17-15-10-6-8-13-7-4-5-9-14(13)15/h4-12,17H,1-3H3. The lowest BCUT2D eigenvalue weighted by atomic mass is 10.0. The van der Waals surface area contributed by atoms with Crippen LogP contribution in [-0.4, -0.2) is 19.1 Å². The molecule has 100 valence electrons. The van der Waals surface area contributed by atoms with Gasteiger partial charge in [0.25, 0.3) is 0 Å². The number of esters is 1. The number of methoxy groups -OCH3 is 1. The molecule has 0 spiro atoms. The predicted octanol–water partition coefficient (Wildman–Crippen LogP) is 3.45. The molecule has 0 fully saturated rings. The molecule has 0 bridgehead atoms. The first-order chi connectivity index (χ1) is 9.13. The number of carbonyl (C=O) groups is 1. The van der Waals surface area contributed by atoms with E-state index in [-0.39, 0.29) is 17.9 Å². The summed E-state index contributed by atoms with van der Waals surface area (Å²) in [7, 11) is 1.42. The monoisotopic (exact) mass is 257 g/mol. The largest absolute Gasteiger partial charge is 0.469 e. The van der Waals surface area contributed by atoms with Crippen LogP contribution in [0.4, 0.5) is 5.69 Å². The Morgan fingerprint density at radius 3 is 2.53 bits per heavy atom. The SMILES string of the molecule is COC(=O)C(C)C(C)Nc1cccc2ccccc12. The summed E-state index contributed by atoms with van der Waals surface area (Å²) < 4.78 is 4.78. The van der Waals surface area contributed by atoms with Gasteiger partial charge in [-0.15, -0.1) is 0 Å². The van der Waals surface area contributed by atoms with Crippen LogP contribution in [0.15, 0.2) is 42.5 Å². The number of fused-ring (bicyclic) bond motifs is 1. The van der Waals surface area contributed by atoms with Crippen molar-refractivity contribution in [1.29, 1.82) is 0 Å². The van der Waals surface area contributed by atoms with Crippen LogP contribution in [0.3, 0.4) is 0 Å². The van der Waals surface area contributed by atoms with E-state index in [0.717, 1.165) is 11.1 Å². The summed E-state index contributed by atoms with van der Waals surface area (Å²) in [6.07, 6.45) is 0. The lowest BCUT2D eigenvalue weighted by molar-refractivity contribution is -0.145. The van der Waals surface area contributed by atoms with Crippen molar-refractivity contribution in [2.75, 3.05) is 12.4 Å². The molecule has 0 saturated carbocycles. The maximum absolute atomic E-state index is 11.5. The summed E-state index contributed by atoms with van der Waals surface area (Å²) in [5, 5.41) is 5.75. The fraction of sp³-hybridized carbons (Fsp3) is 0.312. The zero-order chi connectivity index (χ0) is 13.8. The van der Waals surface area contributed by atoms with Gasteiger partial charge >= 0.3 is 5.97 Å². The molecule has 0 aliphatic carbocycles. The molecule has 2 aromatic carbocycles. The van der Waals surface area contributed by atoms with Crippen LogP contribution in [-0.2, 0) is 9.53 Å². The second-order valence-electron chi connectivity index (χ2n) is 4.77. The second-order valence-corrected chi connectivity index (χ2v) is 4.77. The lowest BCUT2D eigenvalue weighted by Gasteiger charge is -2.21. The van der Waals surface area contributed by atoms with Crippen molar-refractivity contribution < 1.29 is 9.53 Å². The number of hydrogen-bond acceptors (Lipinski definition) is 3. The molecule has 0 aliphatic rings. The molecule has 0 aliphatic heterocycles. The normalized spacial score (nSPS) is 13.8. The van der Waals surface area contributed by atoms with Gasteiger partial charge < -0.3 is 10.1 Å². The van der Waals surface area contributed by atoms with E-state index in [9.17, 15) is 4.79 Å². The fourth-order valence-electron chi connectivity index (χ4n) is 2.11. The molecule has 0 amide bonds. The van der Waals surface area contributed by atoms with E-state index in [2.05, 4.69) is 23.5 Å². The minimum atomic E-state index is -0.194. The van der Waals surface area contributed by atoms with E-state index in [1.165, 1.54) is 12.5 Å². The average molecular weight is 257 g/mol. The van der Waals surface area contributed by atoms with Gasteiger partial charge in [-0.1, -0.05) is 36.4 Å². The molecule has 2 aromatic rings. The Bertz CT molecular complexity index is 574. The zero-order valence-electron chi connectivity index (χ0n) is 11.5. The molecule has 2 rings (SSSR count). The van der Waals surface area contributed by atoms with E-state index in [1.807, 2.05) is 38.1 Å². The van der Waals surface area contributed by atoms with Gasteiger partial charge in [0.15, 0.2) is 0 Å². The molecular weight excluding hydrogens is 238 g/mol. The van der Waals surface area contributed by atoms with Gasteiger partial charge in [0, 0.05) is 17.1 Å². The average Bonchev–Trinajstić information content (AvgIpc) is 2.46. The van der Waals surface area contributed by atoms with E-state index in [1.54, 1.807) is 0 Å². The number of carbonyl (C=O) groups excluding carboxylic acids is 1. The third-order valence-corrected chi connectivity index (χ3v) is 3.50. The zero-order valence-corrected chi connectivity index (χ0v) is 11.5. The molecule has 0 radical (unpaired) electrons. The highest BCUT2D eigenvalue weighted by Crippen LogP contribution is 2.24. The topological polar surface area (TPSA) is 38.3 Å². The molecule has 0 saturated heterocycles. The number of nitrogens with one attached hydrogen (secondary N) is 1. The van der Waals surface area contributed by atoms with Crippen molar-refractivity contribution in [1.82, 2.24) is 0 Å². The molecule has 2 atom stereocenters. The van der Waals surface area contributed by atoms with Crippen LogP contribution in [0.1, 0.15) is 13.8 Å². The molecular formula is C16H19NO2. The van der Waals surface area contributed by atoms with Gasteiger partial charge in [0.05, 0.1) is 13.0 Å². The first-order valence-electron chi connectivity index (χ1n) is 6.45. The van der Waals surface area contributed by atoms with Gasteiger partial charge in [-0.3, -0.25) is 4.79 Å². The van der Waals surface area contributed by atoms with Crippen molar-refractivity contribution in [3.05, 3.63) is 42.5 Å². The summed E-state index contributed by atoms with van der Waals surface area (Å²) in [6.45, 7) is 3.86. The van der Waals surface area contributed by atoms with Crippen LogP contribution in [0.25, 0.3) is 10.8 Å². The van der Waals surface area contributed by atoms with Gasteiger partial charge in [0.2, 0.25) is 0 Å². The molecule has 2 unspecified atom stereocenters. The van der Waals surface area contributed by atoms with Crippen molar-refractivity contribution in [3.63, 3.8) is 0 Å². The van der Waals surface area contributed by atoms with Gasteiger partial charge in [-0.05, 0) is 25.3 Å². The summed E-state index contributed by atoms with van der Waals surface area (Å²) in [5.74, 6) is -0.385. The Morgan fingerprint density at radius 1 is 1.11 bits per heavy atom. The Labute approximate surface area is 113 Å². The van der Waals surface area contributed by atoms with Crippen LogP contribution in [0.2, 0.25) is 0 Å². The van der Waals surface area contributed by atoms with E-state index < -0.39 is 0 Å². The number of ether oxygens (including phenoxy) is 1. The lowest BCUT2D eigenvalue weighted by Crippen LogP contribution is -2.30. The minimum Gasteiger partial charge on any atom is -0.469 e. The first kappa shape index (κ1) is 13.4. The summed E-state index contributed by atoms with van der Waals surface area (Å²) in [5.41, 5.74) is 1.04. The molecule has 1 N–H and O–H groups in total. The smallest absolute Gasteiger partial charge is 0.310 e. The van der Waals surface area contributed by atoms with Crippen LogP contribution >= 0.6 is 0 Å². The maximum atomic E-state index is 11.5. The highest BCUT2D eigenvalue weighted by molar-refractivity contribution is 5.94. The fourth-order valence-corrected chi connectivity index (χ4v) is 2.11. The van der Waals surface area contributed by atoms with Gasteiger partial charge in [0.1, 0.15) is 0 Å². The molecule has 3 nitrogen and oxygen atoms in total. The predicted molar refractivity (Wildman–Crippen MR) is 78.2 cm³/mol. The third kappa shape index (κ3) is 2.87. The van der Waals surface area contributed by atoms with Gasteiger partial charge in [-0.25, -0.2) is 0 Å². The number of anilines is 1. The Morgan fingerprint density at radius 2 is 1.79 bits per heavy atom. The highest BCUT2D eigenvalue weighted by atomic mass is 16.5. The molecule has 3 heteroatoms. The third-order valence-electron chi connectivity index (χ3n) is 3.50. The molecule has 0 heterocycles. The quantitative estimate of drug-likeness (QED) is 0.853. The summed E-state index contributed by atoms with van der Waals surface area (Å²) >= 11 is 0. The Hall–Kier alpha value is -2.03. The summed E-state index contributed by atoms with van der Waals surface area (Å²) in [6, 6.07) is 14.3. The van der Waals surface area contributed by atoms with E-state index in [4.69, 9.17) is 4.74 Å². The number of benzene rings is 2. The Kier molecular flexibility index (Phi) is 4.05. The van der Waals surface area contributed by atoms with Crippen molar-refractivity contribution >= 4 is 22.4 Å². The number of hydrogen-bond donors (Lipinski definition) is 1. The van der Waals surface area contributed by atoms with E-state index in [0.29, 0.717) is 0 Å². The second kappa shape index (κ2) is 5.74.